The van der Waals surface area contributed by atoms with Crippen molar-refractivity contribution in [3.63, 3.8) is 0 Å². The second kappa shape index (κ2) is 4.80. The van der Waals surface area contributed by atoms with Crippen molar-refractivity contribution >= 4 is 0 Å². The summed E-state index contributed by atoms with van der Waals surface area (Å²) < 4.78 is 0. The van der Waals surface area contributed by atoms with E-state index in [9.17, 15) is 0 Å². The molecular formula is FrNO3. The van der Waals surface area contributed by atoms with Crippen LogP contribution >= 0.6 is 0 Å². The molecule has 0 aliphatic heterocycles. The molecular weight excluding hydrogens is 285 g/mol. The van der Waals surface area contributed by atoms with Gasteiger partial charge in [-0.3, -0.25) is 0 Å². The van der Waals surface area contributed by atoms with Gasteiger partial charge in [0.2, 0.25) is 0 Å². The monoisotopic (exact) mass is 285 g/mol. The molecule has 0 aliphatic carbocycles. The Kier molecular flexibility index (Phi) is 8.88. The number of hydrogen-bond donors (Lipinski definition) is 0. The van der Waals surface area contributed by atoms with E-state index in [0.717, 1.165) is 0 Å². The van der Waals surface area contributed by atoms with Gasteiger partial charge in [0.05, 0.1) is 5.09 Å². The Bertz CT molecular complexity index is 29.9. The van der Waals surface area contributed by atoms with Crippen molar-refractivity contribution in [1.29, 1.82) is 0 Å². The van der Waals surface area contributed by atoms with Crippen LogP contribution < -0.4 is 0 Å². The Balaban J connectivity index is 0. The van der Waals surface area contributed by atoms with E-state index >= 15 is 0 Å². The number of rotatable bonds is 0. The molecule has 0 saturated heterocycles. The largest absolute Gasteiger partial charge is 1.00 e. The average Bonchev–Trinajstić information content (AvgIpc) is 0.811. The molecule has 0 aromatic carbocycles. The molecule has 0 heterocycles. The van der Waals surface area contributed by atoms with Crippen LogP contribution in [0.15, 0.2) is 0 Å². The van der Waals surface area contributed by atoms with Crippen LogP contribution in [0.4, 0.5) is 0 Å². The van der Waals surface area contributed by atoms with Crippen molar-refractivity contribution in [3.05, 3.63) is 15.3 Å². The van der Waals surface area contributed by atoms with Crippen molar-refractivity contribution in [2.45, 2.75) is 0 Å². The van der Waals surface area contributed by atoms with Crippen LogP contribution in [0.5, 0.6) is 0 Å². The first-order valence-electron chi connectivity index (χ1n) is 0.548. The van der Waals surface area contributed by atoms with Crippen LogP contribution in [0, 0.1) is 65.2 Å². The Morgan fingerprint density at radius 1 is 1.40 bits per heavy atom. The summed E-state index contributed by atoms with van der Waals surface area (Å²) in [6, 6.07) is 0. The SMILES string of the molecule is O=[N+]([O-])[O-].[Fr+]. The van der Waals surface area contributed by atoms with Crippen LogP contribution in [-0.2, 0) is 0 Å². The van der Waals surface area contributed by atoms with E-state index in [4.69, 9.17) is 15.3 Å². The Morgan fingerprint density at radius 2 is 1.40 bits per heavy atom. The Hall–Kier alpha value is 0.797. The molecule has 0 aromatic rings. The van der Waals surface area contributed by atoms with Crippen LogP contribution in [0.1, 0.15) is 0 Å². The molecule has 0 spiro atoms. The minimum Gasteiger partial charge on any atom is -0.356 e. The third-order valence-electron chi connectivity index (χ3n) is 0. The summed E-state index contributed by atoms with van der Waals surface area (Å²) >= 11 is 0. The maximum Gasteiger partial charge on any atom is 1.00 e. The fraction of sp³-hybridized carbons (Fsp3) is 0. The van der Waals surface area contributed by atoms with Crippen molar-refractivity contribution < 1.29 is 55.0 Å². The molecule has 5 heteroatoms. The summed E-state index contributed by atoms with van der Waals surface area (Å²) in [5.74, 6) is 0. The molecule has 0 amide bonds. The van der Waals surface area contributed by atoms with E-state index in [1.165, 1.54) is 0 Å². The second-order valence-corrected chi connectivity index (χ2v) is 0.224. The van der Waals surface area contributed by atoms with Gasteiger partial charge in [0.25, 0.3) is 0 Å². The molecule has 0 aromatic heterocycles. The van der Waals surface area contributed by atoms with E-state index < -0.39 is 5.09 Å². The Morgan fingerprint density at radius 3 is 1.40 bits per heavy atom. The third kappa shape index (κ3) is 59.0. The molecule has 0 bridgehead atoms. The summed E-state index contributed by atoms with van der Waals surface area (Å²) in [5.41, 5.74) is 0. The molecule has 0 fully saturated rings. The molecule has 0 saturated carbocycles. The first kappa shape index (κ1) is 9.25. The molecule has 0 aliphatic rings. The van der Waals surface area contributed by atoms with E-state index in [2.05, 4.69) is 0 Å². The number of nitrogens with zero attached hydrogens (tertiary/aromatic N) is 1. The average molecular weight is 285 g/mol. The number of hydrogen-bond acceptors (Lipinski definition) is 3. The van der Waals surface area contributed by atoms with Crippen molar-refractivity contribution in [3.8, 4) is 0 Å². The van der Waals surface area contributed by atoms with Gasteiger partial charge in [0.1, 0.15) is 0 Å². The molecule has 24 valence electrons. The quantitative estimate of drug-likeness (QED) is 0.456. The predicted molar refractivity (Wildman–Crippen MR) is 10.4 cm³/mol. The maximum atomic E-state index is 8.25. The van der Waals surface area contributed by atoms with E-state index in [1.807, 2.05) is 0 Å². The van der Waals surface area contributed by atoms with Gasteiger partial charge in [0.15, 0.2) is 0 Å². The van der Waals surface area contributed by atoms with Crippen LogP contribution in [0.2, 0.25) is 0 Å². The van der Waals surface area contributed by atoms with Gasteiger partial charge < -0.3 is 15.3 Å². The molecule has 0 radical (unpaired) electrons. The fourth-order valence-corrected chi connectivity index (χ4v) is 0. The third-order valence-corrected chi connectivity index (χ3v) is 0. The molecule has 0 N–H and O–H groups in total. The molecule has 0 unspecified atom stereocenters. The maximum absolute atomic E-state index is 8.25. The molecule has 5 heavy (non-hydrogen) atoms. The van der Waals surface area contributed by atoms with E-state index in [1.54, 1.807) is 0 Å². The second-order valence-electron chi connectivity index (χ2n) is 0.224. The molecule has 0 rings (SSSR count). The van der Waals surface area contributed by atoms with Gasteiger partial charge in [-0.2, -0.15) is 0 Å². The van der Waals surface area contributed by atoms with Gasteiger partial charge in [-0.25, -0.2) is 0 Å². The standard InChI is InChI=1S/Fr.NO3/c;2-1(3)4/q+1;-1. The summed E-state index contributed by atoms with van der Waals surface area (Å²) in [6.45, 7) is 0. The summed E-state index contributed by atoms with van der Waals surface area (Å²) in [7, 11) is 0. The summed E-state index contributed by atoms with van der Waals surface area (Å²) in [6.07, 6.45) is 0. The van der Waals surface area contributed by atoms with Gasteiger partial charge in [-0.15, -0.1) is 0 Å². The first-order chi connectivity index (χ1) is 1.73. The topological polar surface area (TPSA) is 66.2 Å². The minimum absolute atomic E-state index is 0. The van der Waals surface area contributed by atoms with Gasteiger partial charge >= 0.3 is 49.9 Å². The van der Waals surface area contributed by atoms with Gasteiger partial charge in [-0.05, 0) is 0 Å². The first-order valence-corrected chi connectivity index (χ1v) is 0.548. The predicted octanol–water partition coefficient (Wildman–Crippen LogP) is -0.239. The molecule has 4 nitrogen and oxygen atoms in total. The van der Waals surface area contributed by atoms with Crippen molar-refractivity contribution in [1.82, 2.24) is 0 Å². The van der Waals surface area contributed by atoms with Gasteiger partial charge in [-0.1, -0.05) is 0 Å². The summed E-state index contributed by atoms with van der Waals surface area (Å²) in [4.78, 5) is 8.25. The minimum atomic E-state index is -1.75. The zero-order chi connectivity index (χ0) is 3.58. The van der Waals surface area contributed by atoms with Crippen LogP contribution in [0.25, 0.3) is 0 Å². The van der Waals surface area contributed by atoms with Crippen LogP contribution in [-0.4, -0.2) is 5.09 Å². The normalized spacial score (nSPS) is 4.80. The zero-order valence-corrected chi connectivity index (χ0v) is 10.9. The van der Waals surface area contributed by atoms with E-state index in [0.29, 0.717) is 0 Å². The van der Waals surface area contributed by atoms with Crippen LogP contribution in [0.3, 0.4) is 0 Å². The van der Waals surface area contributed by atoms with Gasteiger partial charge in [0, 0.05) is 0 Å². The molecule has 0 atom stereocenters. The zero-order valence-electron chi connectivity index (χ0n) is 2.67. The smallest absolute Gasteiger partial charge is 0.356 e. The Labute approximate surface area is 69.3 Å². The summed E-state index contributed by atoms with van der Waals surface area (Å²) in [5, 5.41) is 14.8. The van der Waals surface area contributed by atoms with Crippen molar-refractivity contribution in [2.24, 2.45) is 0 Å². The van der Waals surface area contributed by atoms with E-state index in [-0.39, 0.29) is 49.9 Å². The van der Waals surface area contributed by atoms with Crippen molar-refractivity contribution in [2.75, 3.05) is 0 Å². The fourth-order valence-electron chi connectivity index (χ4n) is 0.